The molecule has 0 bridgehead atoms. The van der Waals surface area contributed by atoms with Crippen LogP contribution in [0.25, 0.3) is 0 Å². The Kier molecular flexibility index (Phi) is 2.88. The topological polar surface area (TPSA) is 88.6 Å². The van der Waals surface area contributed by atoms with Gasteiger partial charge in [-0.25, -0.2) is 8.42 Å². The van der Waals surface area contributed by atoms with E-state index in [0.29, 0.717) is 5.02 Å². The lowest BCUT2D eigenvalue weighted by Crippen LogP contribution is -2.06. The van der Waals surface area contributed by atoms with Crippen molar-refractivity contribution in [3.63, 3.8) is 0 Å². The lowest BCUT2D eigenvalue weighted by molar-refractivity contribution is 0.594. The summed E-state index contributed by atoms with van der Waals surface area (Å²) >= 11 is 5.67. The van der Waals surface area contributed by atoms with E-state index in [1.54, 1.807) is 0 Å². The normalized spacial score (nSPS) is 11.6. The third-order valence-corrected chi connectivity index (χ3v) is 3.76. The van der Waals surface area contributed by atoms with Crippen LogP contribution in [-0.2, 0) is 15.6 Å². The summed E-state index contributed by atoms with van der Waals surface area (Å²) in [6.07, 6.45) is 0. The zero-order valence-electron chi connectivity index (χ0n) is 7.96. The van der Waals surface area contributed by atoms with Crippen LogP contribution < -0.4 is 0 Å². The zero-order valence-corrected chi connectivity index (χ0v) is 9.53. The van der Waals surface area contributed by atoms with Crippen LogP contribution >= 0.6 is 11.6 Å². The highest BCUT2D eigenvalue weighted by atomic mass is 35.5. The SMILES string of the molecule is O=S(=O)(Cc1nn[nH]n1)c1ccc(Cl)cc1. The summed E-state index contributed by atoms with van der Waals surface area (Å²) in [5.74, 6) is -0.152. The second-order valence-corrected chi connectivity index (χ2v) is 5.47. The minimum Gasteiger partial charge on any atom is -0.223 e. The molecule has 84 valence electrons. The number of hydrogen-bond donors (Lipinski definition) is 1. The van der Waals surface area contributed by atoms with E-state index in [1.807, 2.05) is 0 Å². The van der Waals surface area contributed by atoms with E-state index in [-0.39, 0.29) is 16.5 Å². The summed E-state index contributed by atoms with van der Waals surface area (Å²) in [6.45, 7) is 0. The van der Waals surface area contributed by atoms with Gasteiger partial charge in [0.25, 0.3) is 0 Å². The molecule has 0 fully saturated rings. The maximum Gasteiger partial charge on any atom is 0.189 e. The standard InChI is InChI=1S/C8H7ClN4O2S/c9-6-1-3-7(4-2-6)16(14,15)5-8-10-12-13-11-8/h1-4H,5H2,(H,10,11,12,13). The van der Waals surface area contributed by atoms with Gasteiger partial charge in [-0.05, 0) is 24.3 Å². The number of nitrogens with one attached hydrogen (secondary N) is 1. The highest BCUT2D eigenvalue weighted by molar-refractivity contribution is 7.90. The number of aromatic amines is 1. The number of halogens is 1. The molecule has 1 heterocycles. The smallest absolute Gasteiger partial charge is 0.189 e. The van der Waals surface area contributed by atoms with E-state index < -0.39 is 9.84 Å². The van der Waals surface area contributed by atoms with Crippen molar-refractivity contribution in [1.29, 1.82) is 0 Å². The predicted molar refractivity (Wildman–Crippen MR) is 56.5 cm³/mol. The van der Waals surface area contributed by atoms with Gasteiger partial charge < -0.3 is 0 Å². The summed E-state index contributed by atoms with van der Waals surface area (Å²) in [6, 6.07) is 5.92. The number of tetrazole rings is 1. The van der Waals surface area contributed by atoms with Crippen molar-refractivity contribution < 1.29 is 8.42 Å². The van der Waals surface area contributed by atoms with Gasteiger partial charge in [-0.3, -0.25) is 0 Å². The number of aromatic nitrogens is 4. The van der Waals surface area contributed by atoms with Gasteiger partial charge in [-0.2, -0.15) is 5.21 Å². The molecule has 0 radical (unpaired) electrons. The molecule has 0 spiro atoms. The average molecular weight is 259 g/mol. The molecular formula is C8H7ClN4O2S. The molecule has 2 aromatic rings. The van der Waals surface area contributed by atoms with E-state index in [2.05, 4.69) is 20.6 Å². The third kappa shape index (κ3) is 2.37. The molecule has 16 heavy (non-hydrogen) atoms. The molecule has 0 aliphatic heterocycles. The number of H-pyrrole nitrogens is 1. The van der Waals surface area contributed by atoms with Crippen molar-refractivity contribution in [3.8, 4) is 0 Å². The fourth-order valence-corrected chi connectivity index (χ4v) is 2.44. The van der Waals surface area contributed by atoms with Crippen molar-refractivity contribution in [3.05, 3.63) is 35.1 Å². The maximum absolute atomic E-state index is 11.8. The van der Waals surface area contributed by atoms with Gasteiger partial charge in [0.05, 0.1) is 4.90 Å². The Hall–Kier alpha value is -1.47. The monoisotopic (exact) mass is 258 g/mol. The first-order valence-corrected chi connectivity index (χ1v) is 6.31. The number of benzene rings is 1. The molecule has 8 heteroatoms. The van der Waals surface area contributed by atoms with Gasteiger partial charge in [0.2, 0.25) is 0 Å². The Morgan fingerprint density at radius 2 is 1.94 bits per heavy atom. The second-order valence-electron chi connectivity index (χ2n) is 3.04. The largest absolute Gasteiger partial charge is 0.223 e. The lowest BCUT2D eigenvalue weighted by atomic mass is 10.4. The summed E-state index contributed by atoms with van der Waals surface area (Å²) in [4.78, 5) is 0.182. The summed E-state index contributed by atoms with van der Waals surface area (Å²) < 4.78 is 23.7. The van der Waals surface area contributed by atoms with Crippen molar-refractivity contribution >= 4 is 21.4 Å². The molecule has 0 saturated heterocycles. The fraction of sp³-hybridized carbons (Fsp3) is 0.125. The molecule has 0 amide bonds. The van der Waals surface area contributed by atoms with Crippen LogP contribution in [0, 0.1) is 0 Å². The molecule has 0 atom stereocenters. The van der Waals surface area contributed by atoms with Crippen LogP contribution in [0.5, 0.6) is 0 Å². The molecule has 2 rings (SSSR count). The van der Waals surface area contributed by atoms with Crippen LogP contribution in [0.3, 0.4) is 0 Å². The Labute approximate surface area is 96.6 Å². The Bertz CT molecular complexity index is 565. The highest BCUT2D eigenvalue weighted by Gasteiger charge is 2.17. The van der Waals surface area contributed by atoms with Crippen LogP contribution in [0.4, 0.5) is 0 Å². The summed E-state index contributed by atoms with van der Waals surface area (Å²) in [5.41, 5.74) is 0. The minimum absolute atomic E-state index is 0.134. The van der Waals surface area contributed by atoms with E-state index in [1.165, 1.54) is 24.3 Å². The molecule has 1 aromatic heterocycles. The average Bonchev–Trinajstić information content (AvgIpc) is 2.70. The molecule has 0 unspecified atom stereocenters. The van der Waals surface area contributed by atoms with Gasteiger partial charge in [-0.1, -0.05) is 16.8 Å². The maximum atomic E-state index is 11.8. The predicted octanol–water partition coefficient (Wildman–Crippen LogP) is 0.827. The van der Waals surface area contributed by atoms with Crippen LogP contribution in [0.1, 0.15) is 5.82 Å². The molecule has 0 aliphatic carbocycles. The van der Waals surface area contributed by atoms with Crippen LogP contribution in [0.15, 0.2) is 29.2 Å². The number of sulfone groups is 1. The van der Waals surface area contributed by atoms with E-state index in [9.17, 15) is 8.42 Å². The van der Waals surface area contributed by atoms with Gasteiger partial charge in [0, 0.05) is 5.02 Å². The zero-order chi connectivity index (χ0) is 11.6. The van der Waals surface area contributed by atoms with Gasteiger partial charge >= 0.3 is 0 Å². The molecule has 1 N–H and O–H groups in total. The quantitative estimate of drug-likeness (QED) is 0.881. The first kappa shape index (κ1) is 11.0. The Balaban J connectivity index is 2.29. The third-order valence-electron chi connectivity index (χ3n) is 1.88. The molecule has 1 aromatic carbocycles. The van der Waals surface area contributed by atoms with Crippen LogP contribution in [0.2, 0.25) is 5.02 Å². The van der Waals surface area contributed by atoms with Gasteiger partial charge in [0.1, 0.15) is 5.75 Å². The van der Waals surface area contributed by atoms with E-state index >= 15 is 0 Å². The summed E-state index contributed by atoms with van der Waals surface area (Å²) in [5, 5.41) is 13.2. The van der Waals surface area contributed by atoms with Crippen molar-refractivity contribution in [1.82, 2.24) is 20.6 Å². The summed E-state index contributed by atoms with van der Waals surface area (Å²) in [7, 11) is -3.44. The number of hydrogen-bond acceptors (Lipinski definition) is 5. The van der Waals surface area contributed by atoms with Crippen molar-refractivity contribution in [2.75, 3.05) is 0 Å². The van der Waals surface area contributed by atoms with Crippen molar-refractivity contribution in [2.24, 2.45) is 0 Å². The molecular weight excluding hydrogens is 252 g/mol. The Morgan fingerprint density at radius 1 is 1.25 bits per heavy atom. The van der Waals surface area contributed by atoms with Crippen LogP contribution in [-0.4, -0.2) is 29.0 Å². The molecule has 0 saturated carbocycles. The van der Waals surface area contributed by atoms with Gasteiger partial charge in [-0.15, -0.1) is 10.2 Å². The van der Waals surface area contributed by atoms with E-state index in [4.69, 9.17) is 11.6 Å². The number of rotatable bonds is 3. The lowest BCUT2D eigenvalue weighted by Gasteiger charge is -2.01. The van der Waals surface area contributed by atoms with E-state index in [0.717, 1.165) is 0 Å². The Morgan fingerprint density at radius 3 is 2.50 bits per heavy atom. The first-order valence-electron chi connectivity index (χ1n) is 4.28. The minimum atomic E-state index is -3.44. The van der Waals surface area contributed by atoms with Gasteiger partial charge in [0.15, 0.2) is 15.7 Å². The molecule has 0 aliphatic rings. The van der Waals surface area contributed by atoms with Crippen molar-refractivity contribution in [2.45, 2.75) is 10.6 Å². The number of nitrogens with zero attached hydrogens (tertiary/aromatic N) is 3. The second kappa shape index (κ2) is 4.18. The highest BCUT2D eigenvalue weighted by Crippen LogP contribution is 2.17. The first-order chi connectivity index (χ1) is 7.58. The fourth-order valence-electron chi connectivity index (χ4n) is 1.14. The molecule has 6 nitrogen and oxygen atoms in total.